The van der Waals surface area contributed by atoms with Crippen molar-refractivity contribution in [3.8, 4) is 5.75 Å². The van der Waals surface area contributed by atoms with Crippen LogP contribution in [0.4, 0.5) is 0 Å². The van der Waals surface area contributed by atoms with Crippen LogP contribution in [0, 0.1) is 5.92 Å². The molecular weight excluding hydrogens is 250 g/mol. The summed E-state index contributed by atoms with van der Waals surface area (Å²) in [7, 11) is 0. The second-order valence-electron chi connectivity index (χ2n) is 6.79. The molecule has 2 fully saturated rings. The zero-order chi connectivity index (χ0) is 13.6. The third-order valence-corrected chi connectivity index (χ3v) is 5.27. The van der Waals surface area contributed by atoms with E-state index in [9.17, 15) is 0 Å². The molecule has 2 unspecified atom stereocenters. The number of nitrogens with one attached hydrogen (secondary N) is 1. The summed E-state index contributed by atoms with van der Waals surface area (Å²) in [6.07, 6.45) is 5.25. The van der Waals surface area contributed by atoms with E-state index in [1.807, 2.05) is 12.1 Å². The van der Waals surface area contributed by atoms with Crippen LogP contribution in [0.25, 0.3) is 0 Å². The molecule has 1 aromatic carbocycles. The Labute approximate surface area is 120 Å². The van der Waals surface area contributed by atoms with E-state index >= 15 is 0 Å². The average Bonchev–Trinajstić information content (AvgIpc) is 2.50. The van der Waals surface area contributed by atoms with Gasteiger partial charge in [0.05, 0.1) is 12.6 Å². The predicted octanol–water partition coefficient (Wildman–Crippen LogP) is 3.06. The van der Waals surface area contributed by atoms with E-state index in [4.69, 9.17) is 9.47 Å². The third-order valence-electron chi connectivity index (χ3n) is 5.27. The Morgan fingerprint density at radius 2 is 2.00 bits per heavy atom. The minimum atomic E-state index is 0.157. The predicted molar refractivity (Wildman–Crippen MR) is 77.9 cm³/mol. The highest BCUT2D eigenvalue weighted by Gasteiger charge is 2.45. The van der Waals surface area contributed by atoms with Crippen LogP contribution in [0.5, 0.6) is 5.75 Å². The van der Waals surface area contributed by atoms with Crippen molar-refractivity contribution in [1.29, 1.82) is 0 Å². The molecule has 3 aliphatic rings. The first-order valence-corrected chi connectivity index (χ1v) is 7.87. The van der Waals surface area contributed by atoms with Crippen molar-refractivity contribution >= 4 is 0 Å². The molecule has 108 valence electrons. The smallest absolute Gasteiger partial charge is 0.125 e. The Hall–Kier alpha value is -1.06. The van der Waals surface area contributed by atoms with Crippen molar-refractivity contribution < 1.29 is 9.47 Å². The maximum Gasteiger partial charge on any atom is 0.125 e. The van der Waals surface area contributed by atoms with E-state index < -0.39 is 0 Å². The second kappa shape index (κ2) is 4.74. The van der Waals surface area contributed by atoms with Crippen molar-refractivity contribution in [1.82, 2.24) is 5.32 Å². The minimum Gasteiger partial charge on any atom is -0.491 e. The van der Waals surface area contributed by atoms with E-state index in [2.05, 4.69) is 24.4 Å². The number of ether oxygens (including phenoxy) is 2. The monoisotopic (exact) mass is 273 g/mol. The lowest BCUT2D eigenvalue weighted by Gasteiger charge is -2.50. The van der Waals surface area contributed by atoms with Crippen molar-refractivity contribution in [3.05, 3.63) is 29.8 Å². The Balaban J connectivity index is 1.55. The van der Waals surface area contributed by atoms with E-state index in [0.29, 0.717) is 6.04 Å². The summed E-state index contributed by atoms with van der Waals surface area (Å²) >= 11 is 0. The van der Waals surface area contributed by atoms with Gasteiger partial charge in [-0.3, -0.25) is 0 Å². The van der Waals surface area contributed by atoms with Crippen molar-refractivity contribution in [2.45, 2.75) is 50.3 Å². The van der Waals surface area contributed by atoms with Gasteiger partial charge in [0.25, 0.3) is 0 Å². The lowest BCUT2D eigenvalue weighted by atomic mass is 9.75. The maximum atomic E-state index is 6.29. The first-order chi connectivity index (χ1) is 9.76. The molecule has 2 atom stereocenters. The van der Waals surface area contributed by atoms with Gasteiger partial charge < -0.3 is 14.8 Å². The Kier molecular flexibility index (Phi) is 3.00. The van der Waals surface area contributed by atoms with E-state index in [-0.39, 0.29) is 11.6 Å². The van der Waals surface area contributed by atoms with Crippen molar-refractivity contribution in [2.75, 3.05) is 13.2 Å². The molecule has 3 nitrogen and oxygen atoms in total. The minimum absolute atomic E-state index is 0.157. The lowest BCUT2D eigenvalue weighted by Crippen LogP contribution is -2.63. The highest BCUT2D eigenvalue weighted by Crippen LogP contribution is 2.42. The summed E-state index contributed by atoms with van der Waals surface area (Å²) < 4.78 is 12.2. The van der Waals surface area contributed by atoms with Gasteiger partial charge in [-0.25, -0.2) is 0 Å². The molecule has 2 heterocycles. The van der Waals surface area contributed by atoms with Gasteiger partial charge in [0.1, 0.15) is 18.5 Å². The lowest BCUT2D eigenvalue weighted by molar-refractivity contribution is -0.0953. The molecule has 0 amide bonds. The van der Waals surface area contributed by atoms with Crippen LogP contribution < -0.4 is 10.1 Å². The number of rotatable bonds is 0. The standard InChI is InChI=1S/C17H23NO2/c1-12-6-8-17(9-7-12)11-20-16-13-4-2-3-5-15(13)19-10-14(16)18-17/h2-5,12,14,16,18H,6-11H2,1H3. The number of benzene rings is 1. The number of morpholine rings is 1. The topological polar surface area (TPSA) is 30.5 Å². The van der Waals surface area contributed by atoms with E-state index in [0.717, 1.165) is 24.9 Å². The summed E-state index contributed by atoms with van der Waals surface area (Å²) in [4.78, 5) is 0. The first-order valence-electron chi connectivity index (χ1n) is 7.87. The molecule has 0 radical (unpaired) electrons. The van der Waals surface area contributed by atoms with E-state index in [1.54, 1.807) is 0 Å². The molecule has 4 rings (SSSR count). The van der Waals surface area contributed by atoms with Gasteiger partial charge in [0.15, 0.2) is 0 Å². The molecule has 1 spiro atoms. The molecule has 0 aromatic heterocycles. The summed E-state index contributed by atoms with van der Waals surface area (Å²) in [5, 5.41) is 3.88. The van der Waals surface area contributed by atoms with Crippen LogP contribution in [0.2, 0.25) is 0 Å². The highest BCUT2D eigenvalue weighted by atomic mass is 16.5. The van der Waals surface area contributed by atoms with Crippen molar-refractivity contribution in [3.63, 3.8) is 0 Å². The summed E-state index contributed by atoms with van der Waals surface area (Å²) in [5.41, 5.74) is 1.40. The SMILES string of the molecule is CC1CCC2(CC1)COC1c3ccccc3OCC1N2. The van der Waals surface area contributed by atoms with Crippen LogP contribution in [-0.2, 0) is 4.74 Å². The number of hydrogen-bond donors (Lipinski definition) is 1. The van der Waals surface area contributed by atoms with Gasteiger partial charge in [0.2, 0.25) is 0 Å². The Bertz CT molecular complexity index is 494. The van der Waals surface area contributed by atoms with Gasteiger partial charge in [-0.1, -0.05) is 25.1 Å². The fourth-order valence-corrected chi connectivity index (χ4v) is 3.94. The van der Waals surface area contributed by atoms with Crippen LogP contribution in [0.1, 0.15) is 44.3 Å². The van der Waals surface area contributed by atoms with Crippen molar-refractivity contribution in [2.24, 2.45) is 5.92 Å². The second-order valence-corrected chi connectivity index (χ2v) is 6.79. The fraction of sp³-hybridized carbons (Fsp3) is 0.647. The molecular formula is C17H23NO2. The summed E-state index contributed by atoms with van der Waals surface area (Å²) in [5.74, 6) is 1.85. The Morgan fingerprint density at radius 3 is 2.85 bits per heavy atom. The zero-order valence-corrected chi connectivity index (χ0v) is 12.1. The molecule has 1 saturated heterocycles. The van der Waals surface area contributed by atoms with Gasteiger partial charge in [-0.05, 0) is 37.7 Å². The van der Waals surface area contributed by atoms with Crippen LogP contribution in [-0.4, -0.2) is 24.8 Å². The summed E-state index contributed by atoms with van der Waals surface area (Å²) in [6, 6.07) is 8.57. The van der Waals surface area contributed by atoms with Crippen LogP contribution in [0.3, 0.4) is 0 Å². The van der Waals surface area contributed by atoms with Gasteiger partial charge >= 0.3 is 0 Å². The van der Waals surface area contributed by atoms with Gasteiger partial charge in [-0.15, -0.1) is 0 Å². The maximum absolute atomic E-state index is 6.29. The molecule has 1 aromatic rings. The third kappa shape index (κ3) is 2.04. The van der Waals surface area contributed by atoms with Gasteiger partial charge in [0, 0.05) is 11.1 Å². The molecule has 20 heavy (non-hydrogen) atoms. The molecule has 2 aliphatic heterocycles. The molecule has 3 heteroatoms. The number of hydrogen-bond acceptors (Lipinski definition) is 3. The fourth-order valence-electron chi connectivity index (χ4n) is 3.94. The average molecular weight is 273 g/mol. The van der Waals surface area contributed by atoms with E-state index in [1.165, 1.54) is 31.2 Å². The molecule has 1 aliphatic carbocycles. The first kappa shape index (κ1) is 12.7. The Morgan fingerprint density at radius 1 is 1.20 bits per heavy atom. The molecule has 1 saturated carbocycles. The van der Waals surface area contributed by atoms with Crippen LogP contribution >= 0.6 is 0 Å². The van der Waals surface area contributed by atoms with Gasteiger partial charge in [-0.2, -0.15) is 0 Å². The zero-order valence-electron chi connectivity index (χ0n) is 12.1. The van der Waals surface area contributed by atoms with Crippen LogP contribution in [0.15, 0.2) is 24.3 Å². The number of para-hydroxylation sites is 1. The summed E-state index contributed by atoms with van der Waals surface area (Å²) in [6.45, 7) is 3.92. The number of fused-ring (bicyclic) bond motifs is 3. The largest absolute Gasteiger partial charge is 0.491 e. The molecule has 0 bridgehead atoms. The normalized spacial score (nSPS) is 39.8. The molecule has 1 N–H and O–H groups in total. The quantitative estimate of drug-likeness (QED) is 0.788. The highest BCUT2D eigenvalue weighted by molar-refractivity contribution is 5.38.